The van der Waals surface area contributed by atoms with E-state index in [9.17, 15) is 9.59 Å². The maximum atomic E-state index is 12.2. The first-order chi connectivity index (χ1) is 10.1. The van der Waals surface area contributed by atoms with E-state index in [1.807, 2.05) is 0 Å². The third kappa shape index (κ3) is 2.58. The van der Waals surface area contributed by atoms with E-state index in [0.717, 1.165) is 16.9 Å². The summed E-state index contributed by atoms with van der Waals surface area (Å²) in [6, 6.07) is 4.62. The monoisotopic (exact) mass is 286 g/mol. The Morgan fingerprint density at radius 2 is 2.29 bits per heavy atom. The summed E-state index contributed by atoms with van der Waals surface area (Å²) >= 11 is 0. The van der Waals surface area contributed by atoms with Crippen LogP contribution in [-0.2, 0) is 13.0 Å². The number of amides is 2. The Kier molecular flexibility index (Phi) is 3.31. The number of benzene rings is 1. The van der Waals surface area contributed by atoms with Gasteiger partial charge in [-0.25, -0.2) is 14.6 Å². The molecule has 0 spiro atoms. The van der Waals surface area contributed by atoms with Gasteiger partial charge in [0.1, 0.15) is 0 Å². The lowest BCUT2D eigenvalue weighted by molar-refractivity contribution is 0.0697. The Morgan fingerprint density at radius 3 is 3.00 bits per heavy atom. The molecule has 2 aromatic rings. The zero-order chi connectivity index (χ0) is 14.8. The Balaban J connectivity index is 1.71. The van der Waals surface area contributed by atoms with Crippen molar-refractivity contribution < 1.29 is 14.7 Å². The lowest BCUT2D eigenvalue weighted by Crippen LogP contribution is -2.38. The fourth-order valence-corrected chi connectivity index (χ4v) is 2.39. The van der Waals surface area contributed by atoms with Crippen molar-refractivity contribution in [1.82, 2.24) is 15.3 Å². The van der Waals surface area contributed by atoms with Gasteiger partial charge >= 0.3 is 12.0 Å². The van der Waals surface area contributed by atoms with Crippen LogP contribution < -0.4 is 10.2 Å². The number of nitrogens with zero attached hydrogens (tertiary/aromatic N) is 2. The molecule has 0 saturated carbocycles. The summed E-state index contributed by atoms with van der Waals surface area (Å²) in [7, 11) is 0. The van der Waals surface area contributed by atoms with Gasteiger partial charge in [-0.3, -0.25) is 4.90 Å². The van der Waals surface area contributed by atoms with Crippen LogP contribution in [0.2, 0.25) is 0 Å². The third-order valence-electron chi connectivity index (χ3n) is 3.45. The molecule has 0 fully saturated rings. The minimum Gasteiger partial charge on any atom is -0.478 e. The molecular weight excluding hydrogens is 272 g/mol. The number of fused-ring (bicyclic) bond motifs is 1. The van der Waals surface area contributed by atoms with Gasteiger partial charge in [0.25, 0.3) is 0 Å². The number of aromatic nitrogens is 2. The van der Waals surface area contributed by atoms with Crippen LogP contribution in [0, 0.1) is 0 Å². The van der Waals surface area contributed by atoms with Crippen LogP contribution in [0.4, 0.5) is 10.5 Å². The molecule has 0 unspecified atom stereocenters. The van der Waals surface area contributed by atoms with Crippen molar-refractivity contribution >= 4 is 17.7 Å². The number of carbonyl (C=O) groups is 2. The number of carboxylic acid groups (broad SMARTS) is 1. The summed E-state index contributed by atoms with van der Waals surface area (Å²) in [5, 5.41) is 11.8. The summed E-state index contributed by atoms with van der Waals surface area (Å²) < 4.78 is 0. The highest BCUT2D eigenvalue weighted by molar-refractivity contribution is 5.95. The van der Waals surface area contributed by atoms with E-state index in [4.69, 9.17) is 5.11 Å². The van der Waals surface area contributed by atoms with Crippen LogP contribution in [-0.4, -0.2) is 33.6 Å². The van der Waals surface area contributed by atoms with Gasteiger partial charge in [0.15, 0.2) is 0 Å². The zero-order valence-electron chi connectivity index (χ0n) is 11.2. The second-order valence-corrected chi connectivity index (χ2v) is 4.79. The van der Waals surface area contributed by atoms with Gasteiger partial charge in [-0.2, -0.15) is 0 Å². The number of anilines is 1. The normalized spacial score (nSPS) is 13.0. The van der Waals surface area contributed by atoms with Gasteiger partial charge in [-0.05, 0) is 30.2 Å². The van der Waals surface area contributed by atoms with Crippen molar-refractivity contribution in [1.29, 1.82) is 0 Å². The van der Waals surface area contributed by atoms with E-state index < -0.39 is 5.97 Å². The fourth-order valence-electron chi connectivity index (χ4n) is 2.39. The van der Waals surface area contributed by atoms with Gasteiger partial charge in [0, 0.05) is 18.4 Å². The average Bonchev–Trinajstić information content (AvgIpc) is 3.13. The first kappa shape index (κ1) is 13.2. The highest BCUT2D eigenvalue weighted by atomic mass is 16.4. The van der Waals surface area contributed by atoms with Crippen LogP contribution >= 0.6 is 0 Å². The molecule has 1 aliphatic heterocycles. The highest BCUT2D eigenvalue weighted by Gasteiger charge is 2.25. The van der Waals surface area contributed by atoms with E-state index in [1.54, 1.807) is 29.6 Å². The maximum Gasteiger partial charge on any atom is 0.335 e. The molecule has 1 aromatic carbocycles. The number of H-pyrrole nitrogens is 1. The number of aromatic amines is 1. The summed E-state index contributed by atoms with van der Waals surface area (Å²) in [6.45, 7) is 0.922. The molecule has 0 atom stereocenters. The quantitative estimate of drug-likeness (QED) is 0.793. The molecule has 1 aliphatic rings. The summed E-state index contributed by atoms with van der Waals surface area (Å²) in [5.74, 6) is -0.958. The Bertz CT molecular complexity index is 682. The molecule has 108 valence electrons. The van der Waals surface area contributed by atoms with Crippen molar-refractivity contribution in [3.63, 3.8) is 0 Å². The number of hydrogen-bond donors (Lipinski definition) is 3. The topological polar surface area (TPSA) is 98.3 Å². The fraction of sp³-hybridized carbons (Fsp3) is 0.214. The molecule has 7 nitrogen and oxygen atoms in total. The number of nitrogens with one attached hydrogen (secondary N) is 2. The third-order valence-corrected chi connectivity index (χ3v) is 3.45. The number of hydrogen-bond acceptors (Lipinski definition) is 3. The maximum absolute atomic E-state index is 12.2. The van der Waals surface area contributed by atoms with Crippen LogP contribution in [0.1, 0.15) is 21.6 Å². The largest absolute Gasteiger partial charge is 0.478 e. The molecule has 2 amide bonds. The molecular formula is C14H14N4O3. The van der Waals surface area contributed by atoms with Gasteiger partial charge < -0.3 is 15.4 Å². The number of aromatic carboxylic acids is 1. The molecule has 0 saturated heterocycles. The van der Waals surface area contributed by atoms with E-state index in [0.29, 0.717) is 19.5 Å². The van der Waals surface area contributed by atoms with E-state index in [1.165, 1.54) is 6.07 Å². The van der Waals surface area contributed by atoms with Crippen LogP contribution in [0.25, 0.3) is 0 Å². The summed E-state index contributed by atoms with van der Waals surface area (Å²) in [6.07, 6.45) is 3.87. The highest BCUT2D eigenvalue weighted by Crippen LogP contribution is 2.28. The number of rotatable bonds is 3. The van der Waals surface area contributed by atoms with E-state index in [2.05, 4.69) is 15.3 Å². The molecule has 0 radical (unpaired) electrons. The van der Waals surface area contributed by atoms with Gasteiger partial charge in [-0.1, -0.05) is 0 Å². The molecule has 7 heteroatoms. The Labute approximate surface area is 120 Å². The minimum absolute atomic E-state index is 0.202. The SMILES string of the molecule is O=C(O)c1ccc2c(c1)CCN2C(=O)NCc1cnc[nH]1. The van der Waals surface area contributed by atoms with Crippen LogP contribution in [0.5, 0.6) is 0 Å². The van der Waals surface area contributed by atoms with E-state index >= 15 is 0 Å². The minimum atomic E-state index is -0.958. The van der Waals surface area contributed by atoms with Crippen molar-refractivity contribution in [2.75, 3.05) is 11.4 Å². The molecule has 21 heavy (non-hydrogen) atoms. The Morgan fingerprint density at radius 1 is 1.43 bits per heavy atom. The van der Waals surface area contributed by atoms with Crippen LogP contribution in [0.3, 0.4) is 0 Å². The van der Waals surface area contributed by atoms with Gasteiger partial charge in [0.05, 0.1) is 24.1 Å². The average molecular weight is 286 g/mol. The standard InChI is InChI=1S/C14H14N4O3/c19-13(20)10-1-2-12-9(5-10)3-4-18(12)14(21)16-7-11-6-15-8-17-11/h1-2,5-6,8H,3-4,7H2,(H,15,17)(H,16,21)(H,19,20). The van der Waals surface area contributed by atoms with Crippen molar-refractivity contribution in [3.05, 3.63) is 47.5 Å². The molecule has 0 aliphatic carbocycles. The van der Waals surface area contributed by atoms with Crippen molar-refractivity contribution in [2.45, 2.75) is 13.0 Å². The zero-order valence-corrected chi connectivity index (χ0v) is 11.2. The second kappa shape index (κ2) is 5.28. The predicted octanol–water partition coefficient (Wildman–Crippen LogP) is 1.38. The molecule has 0 bridgehead atoms. The lowest BCUT2D eigenvalue weighted by Gasteiger charge is -2.17. The first-order valence-corrected chi connectivity index (χ1v) is 6.54. The molecule has 2 heterocycles. The smallest absolute Gasteiger partial charge is 0.335 e. The predicted molar refractivity (Wildman–Crippen MR) is 75.3 cm³/mol. The number of carboxylic acids is 1. The Hall–Kier alpha value is -2.83. The first-order valence-electron chi connectivity index (χ1n) is 6.54. The van der Waals surface area contributed by atoms with Crippen LogP contribution in [0.15, 0.2) is 30.7 Å². The summed E-state index contributed by atoms with van der Waals surface area (Å²) in [5.41, 5.74) is 2.71. The lowest BCUT2D eigenvalue weighted by atomic mass is 10.1. The van der Waals surface area contributed by atoms with Crippen molar-refractivity contribution in [2.24, 2.45) is 0 Å². The number of carbonyl (C=O) groups excluding carboxylic acids is 1. The van der Waals surface area contributed by atoms with Crippen molar-refractivity contribution in [3.8, 4) is 0 Å². The van der Waals surface area contributed by atoms with Gasteiger partial charge in [-0.15, -0.1) is 0 Å². The van der Waals surface area contributed by atoms with Gasteiger partial charge in [0.2, 0.25) is 0 Å². The molecule has 1 aromatic heterocycles. The second-order valence-electron chi connectivity index (χ2n) is 4.79. The van der Waals surface area contributed by atoms with E-state index in [-0.39, 0.29) is 11.6 Å². The number of imidazole rings is 1. The molecule has 3 rings (SSSR count). The molecule has 3 N–H and O–H groups in total. The number of urea groups is 1. The summed E-state index contributed by atoms with van der Waals surface area (Å²) in [4.78, 5) is 31.6.